The molecule has 8 heteroatoms. The van der Waals surface area contributed by atoms with Crippen LogP contribution in [0.25, 0.3) is 0 Å². The zero-order chi connectivity index (χ0) is 12.8. The van der Waals surface area contributed by atoms with E-state index in [0.29, 0.717) is 18.2 Å². The highest BCUT2D eigenvalue weighted by molar-refractivity contribution is 9.12. The van der Waals surface area contributed by atoms with Gasteiger partial charge in [-0.15, -0.1) is 0 Å². The van der Waals surface area contributed by atoms with Crippen LogP contribution >= 0.6 is 71.3 Å². The predicted octanol–water partition coefficient (Wildman–Crippen LogP) is 4.15. The number of hydrogen-bond acceptors (Lipinski definition) is 1. The largest absolute Gasteiger partial charge is 0.351 e. The summed E-state index contributed by atoms with van der Waals surface area (Å²) >= 11 is 13.3. The van der Waals surface area contributed by atoms with Crippen LogP contribution in [0.5, 0.6) is 0 Å². The van der Waals surface area contributed by atoms with Gasteiger partial charge in [-0.2, -0.15) is 0 Å². The van der Waals surface area contributed by atoms with Crippen molar-refractivity contribution in [2.24, 2.45) is 0 Å². The molecule has 0 aromatic carbocycles. The molecule has 0 spiro atoms. The minimum Gasteiger partial charge on any atom is -0.321 e. The van der Waals surface area contributed by atoms with Crippen molar-refractivity contribution in [2.75, 3.05) is 10.7 Å². The lowest BCUT2D eigenvalue weighted by Crippen LogP contribution is -2.03. The highest BCUT2D eigenvalue weighted by atomic mass is 79.9. The molecule has 2 N–H and O–H groups in total. The molecule has 96 valence electrons. The Morgan fingerprint density at radius 1 is 1.19 bits per heavy atom. The van der Waals surface area contributed by atoms with Gasteiger partial charge >= 0.3 is 7.60 Å². The fraction of sp³-hybridized carbons (Fsp3) is 0.750. The summed E-state index contributed by atoms with van der Waals surface area (Å²) in [7, 11) is -4.14. The predicted molar refractivity (Wildman–Crippen MR) is 82.4 cm³/mol. The van der Waals surface area contributed by atoms with Crippen LogP contribution in [0.1, 0.15) is 12.8 Å². The summed E-state index contributed by atoms with van der Waals surface area (Å²) in [5.41, 5.74) is 0. The van der Waals surface area contributed by atoms with Gasteiger partial charge in [0.15, 0.2) is 0 Å². The SMILES string of the molecule is O=P(O)(O)/C(=C\CC(Br)CBr)CC(Br)CBr. The summed E-state index contributed by atoms with van der Waals surface area (Å²) in [4.78, 5) is 18.6. The first-order chi connectivity index (χ1) is 7.31. The topological polar surface area (TPSA) is 57.5 Å². The molecule has 2 atom stereocenters. The van der Waals surface area contributed by atoms with Crippen LogP contribution < -0.4 is 0 Å². The van der Waals surface area contributed by atoms with E-state index in [-0.39, 0.29) is 15.0 Å². The standard InChI is InChI=1S/C8H13Br4O3P/c9-4-6(11)1-2-8(16(13,14)15)3-7(12)5-10/h2,6-7H,1,3-5H2,(H2,13,14,15)/b8-2-. The maximum atomic E-state index is 11.2. The molecule has 3 nitrogen and oxygen atoms in total. The van der Waals surface area contributed by atoms with E-state index in [0.717, 1.165) is 5.33 Å². The zero-order valence-electron chi connectivity index (χ0n) is 8.32. The van der Waals surface area contributed by atoms with Crippen LogP contribution in [-0.2, 0) is 4.57 Å². The smallest absolute Gasteiger partial charge is 0.321 e. The number of rotatable bonds is 7. The van der Waals surface area contributed by atoms with E-state index in [1.54, 1.807) is 6.08 Å². The third kappa shape index (κ3) is 8.01. The third-order valence-corrected chi connectivity index (χ3v) is 7.51. The summed E-state index contributed by atoms with van der Waals surface area (Å²) in [6, 6.07) is 0. The van der Waals surface area contributed by atoms with Gasteiger partial charge in [-0.25, -0.2) is 0 Å². The van der Waals surface area contributed by atoms with Gasteiger partial charge in [0.2, 0.25) is 0 Å². The Balaban J connectivity index is 4.62. The molecule has 0 radical (unpaired) electrons. The fourth-order valence-electron chi connectivity index (χ4n) is 0.930. The molecule has 0 heterocycles. The maximum absolute atomic E-state index is 11.2. The maximum Gasteiger partial charge on any atom is 0.351 e. The van der Waals surface area contributed by atoms with Gasteiger partial charge in [-0.05, 0) is 12.8 Å². The van der Waals surface area contributed by atoms with Crippen LogP contribution in [0.4, 0.5) is 0 Å². The Morgan fingerprint density at radius 2 is 1.69 bits per heavy atom. The number of hydrogen-bond donors (Lipinski definition) is 2. The first-order valence-corrected chi connectivity index (χ1v) is 10.1. The summed E-state index contributed by atoms with van der Waals surface area (Å²) < 4.78 is 11.2. The zero-order valence-corrected chi connectivity index (χ0v) is 15.6. The molecule has 2 unspecified atom stereocenters. The molecule has 16 heavy (non-hydrogen) atoms. The van der Waals surface area contributed by atoms with Crippen molar-refractivity contribution < 1.29 is 14.4 Å². The van der Waals surface area contributed by atoms with E-state index < -0.39 is 7.60 Å². The van der Waals surface area contributed by atoms with Crippen LogP contribution in [0.2, 0.25) is 0 Å². The monoisotopic (exact) mass is 504 g/mol. The molecule has 0 amide bonds. The van der Waals surface area contributed by atoms with Crippen molar-refractivity contribution in [1.29, 1.82) is 0 Å². The van der Waals surface area contributed by atoms with Gasteiger partial charge in [-0.1, -0.05) is 69.8 Å². The van der Waals surface area contributed by atoms with E-state index in [2.05, 4.69) is 63.7 Å². The molecule has 0 fully saturated rings. The molecular weight excluding hydrogens is 495 g/mol. The lowest BCUT2D eigenvalue weighted by atomic mass is 10.2. The minimum atomic E-state index is -4.14. The minimum absolute atomic E-state index is 0.0316. The fourth-order valence-corrected chi connectivity index (χ4v) is 3.01. The quantitative estimate of drug-likeness (QED) is 0.402. The van der Waals surface area contributed by atoms with E-state index in [1.165, 1.54) is 0 Å². The number of alkyl halides is 4. The number of halogens is 4. The number of allylic oxidation sites excluding steroid dienone is 2. The Kier molecular flexibility index (Phi) is 9.83. The molecule has 0 aromatic heterocycles. The van der Waals surface area contributed by atoms with Crippen LogP contribution in [0.3, 0.4) is 0 Å². The molecule has 0 saturated heterocycles. The van der Waals surface area contributed by atoms with Gasteiger partial charge in [0.05, 0.1) is 0 Å². The van der Waals surface area contributed by atoms with Gasteiger partial charge in [0.25, 0.3) is 0 Å². The van der Waals surface area contributed by atoms with Crippen molar-refractivity contribution in [3.63, 3.8) is 0 Å². The average molecular weight is 508 g/mol. The lowest BCUT2D eigenvalue weighted by molar-refractivity contribution is 0.380. The normalized spacial score (nSPS) is 17.2. The van der Waals surface area contributed by atoms with Gasteiger partial charge in [0, 0.05) is 25.6 Å². The molecule has 0 aliphatic heterocycles. The van der Waals surface area contributed by atoms with Crippen molar-refractivity contribution in [2.45, 2.75) is 22.5 Å². The highest BCUT2D eigenvalue weighted by Crippen LogP contribution is 2.48. The van der Waals surface area contributed by atoms with Gasteiger partial charge < -0.3 is 9.79 Å². The molecule has 0 aliphatic rings. The van der Waals surface area contributed by atoms with Crippen molar-refractivity contribution in [3.05, 3.63) is 11.4 Å². The van der Waals surface area contributed by atoms with Crippen LogP contribution in [0, 0.1) is 0 Å². The molecule has 0 rings (SSSR count). The average Bonchev–Trinajstić information content (AvgIpc) is 2.21. The van der Waals surface area contributed by atoms with E-state index in [9.17, 15) is 14.4 Å². The molecule has 0 saturated carbocycles. The summed E-state index contributed by atoms with van der Waals surface area (Å²) in [6.45, 7) is 0. The second kappa shape index (κ2) is 8.83. The van der Waals surface area contributed by atoms with E-state index >= 15 is 0 Å². The summed E-state index contributed by atoms with van der Waals surface area (Å²) in [6.07, 6.45) is 2.56. The first kappa shape index (κ1) is 17.8. The molecule has 0 aromatic rings. The summed E-state index contributed by atoms with van der Waals surface area (Å²) in [5.74, 6) is 0. The van der Waals surface area contributed by atoms with E-state index in [1.807, 2.05) is 0 Å². The highest BCUT2D eigenvalue weighted by Gasteiger charge is 2.23. The molecule has 0 bridgehead atoms. The van der Waals surface area contributed by atoms with Crippen molar-refractivity contribution in [3.8, 4) is 0 Å². The summed E-state index contributed by atoms with van der Waals surface area (Å²) in [5, 5.41) is 1.59. The Morgan fingerprint density at radius 3 is 2.06 bits per heavy atom. The van der Waals surface area contributed by atoms with Crippen molar-refractivity contribution >= 4 is 71.3 Å². The van der Waals surface area contributed by atoms with Crippen LogP contribution in [-0.4, -0.2) is 30.1 Å². The van der Waals surface area contributed by atoms with Gasteiger partial charge in [0.1, 0.15) is 0 Å². The lowest BCUT2D eigenvalue weighted by Gasteiger charge is -2.13. The molecular formula is C8H13Br4O3P. The Hall–Kier alpha value is 1.81. The Labute approximate surface area is 129 Å². The third-order valence-electron chi connectivity index (χ3n) is 1.75. The second-order valence-corrected chi connectivity index (χ2v) is 8.73. The Bertz CT molecular complexity index is 278. The molecule has 0 aliphatic carbocycles. The van der Waals surface area contributed by atoms with E-state index in [4.69, 9.17) is 0 Å². The first-order valence-electron chi connectivity index (χ1n) is 4.46. The van der Waals surface area contributed by atoms with Crippen molar-refractivity contribution in [1.82, 2.24) is 0 Å². The second-order valence-electron chi connectivity index (χ2n) is 3.18. The van der Waals surface area contributed by atoms with Crippen LogP contribution in [0.15, 0.2) is 11.4 Å². The van der Waals surface area contributed by atoms with Gasteiger partial charge in [-0.3, -0.25) is 4.57 Å².